The summed E-state index contributed by atoms with van der Waals surface area (Å²) in [6, 6.07) is -0.253. The highest BCUT2D eigenvalue weighted by Crippen LogP contribution is 2.09. The molecule has 1 aromatic heterocycles. The molecule has 1 rings (SSSR count). The average molecular weight is 303 g/mol. The zero-order valence-electron chi connectivity index (χ0n) is 10.6. The van der Waals surface area contributed by atoms with Gasteiger partial charge in [0.1, 0.15) is 5.01 Å². The van der Waals surface area contributed by atoms with Gasteiger partial charge in [-0.05, 0) is 24.9 Å². The third-order valence-electron chi connectivity index (χ3n) is 2.23. The number of unbranched alkanes of at least 4 members (excludes halogenated alkanes) is 1. The minimum absolute atomic E-state index is 0.0132. The molecule has 0 aromatic carbocycles. The molecule has 1 heterocycles. The molecule has 0 aliphatic rings. The second-order valence-corrected chi connectivity index (χ2v) is 5.67. The minimum Gasteiger partial charge on any atom is -0.476 e. The molecule has 8 heteroatoms. The number of nitrogens with zero attached hydrogens (tertiary/aromatic N) is 1. The van der Waals surface area contributed by atoms with Crippen molar-refractivity contribution in [2.45, 2.75) is 19.4 Å². The predicted molar refractivity (Wildman–Crippen MR) is 76.9 cm³/mol. The van der Waals surface area contributed by atoms with Gasteiger partial charge in [0, 0.05) is 11.9 Å². The maximum Gasteiger partial charge on any atom is 0.355 e. The molecule has 0 aliphatic carbocycles. The highest BCUT2D eigenvalue weighted by molar-refractivity contribution is 7.98. The number of thiazole rings is 1. The fourth-order valence-corrected chi connectivity index (χ4v) is 2.48. The quantitative estimate of drug-likeness (QED) is 0.637. The second kappa shape index (κ2) is 8.76. The number of carboxylic acids is 1. The summed E-state index contributed by atoms with van der Waals surface area (Å²) in [4.78, 5) is 25.9. The number of carbonyl (C=O) groups is 2. The lowest BCUT2D eigenvalue weighted by molar-refractivity contribution is 0.0691. The molecule has 1 aromatic rings. The SMILES string of the molecule is CSCCCCNC(=O)NCc1nc(C(=O)O)cs1. The monoisotopic (exact) mass is 303 g/mol. The predicted octanol–water partition coefficient (Wildman–Crippen LogP) is 1.78. The lowest BCUT2D eigenvalue weighted by atomic mass is 10.3. The molecule has 0 saturated heterocycles. The number of hydrogen-bond donors (Lipinski definition) is 3. The number of carboxylic acid groups (broad SMARTS) is 1. The fraction of sp³-hybridized carbons (Fsp3) is 0.545. The van der Waals surface area contributed by atoms with Crippen molar-refractivity contribution in [3.63, 3.8) is 0 Å². The minimum atomic E-state index is -1.05. The Balaban J connectivity index is 2.17. The number of nitrogens with one attached hydrogen (secondary N) is 2. The van der Waals surface area contributed by atoms with E-state index < -0.39 is 5.97 Å². The molecule has 0 spiro atoms. The van der Waals surface area contributed by atoms with E-state index in [0.717, 1.165) is 18.6 Å². The maximum atomic E-state index is 11.4. The lowest BCUT2D eigenvalue weighted by Crippen LogP contribution is -2.35. The van der Waals surface area contributed by atoms with Crippen LogP contribution >= 0.6 is 23.1 Å². The summed E-state index contributed by atoms with van der Waals surface area (Å²) in [5, 5.41) is 16.1. The Morgan fingerprint density at radius 2 is 2.21 bits per heavy atom. The lowest BCUT2D eigenvalue weighted by Gasteiger charge is -2.05. The first-order valence-electron chi connectivity index (χ1n) is 5.82. The molecule has 106 valence electrons. The summed E-state index contributed by atoms with van der Waals surface area (Å²) in [7, 11) is 0. The molecule has 19 heavy (non-hydrogen) atoms. The van der Waals surface area contributed by atoms with Crippen LogP contribution in [0.1, 0.15) is 28.3 Å². The van der Waals surface area contributed by atoms with Crippen LogP contribution in [0.25, 0.3) is 0 Å². The number of thioether (sulfide) groups is 1. The second-order valence-electron chi connectivity index (χ2n) is 3.74. The van der Waals surface area contributed by atoms with Gasteiger partial charge in [0.15, 0.2) is 5.69 Å². The van der Waals surface area contributed by atoms with Gasteiger partial charge in [-0.25, -0.2) is 14.6 Å². The number of aromatic carboxylic acids is 1. The zero-order valence-corrected chi connectivity index (χ0v) is 12.3. The first kappa shape index (κ1) is 15.8. The molecule has 6 nitrogen and oxygen atoms in total. The van der Waals surface area contributed by atoms with Crippen molar-refractivity contribution in [3.8, 4) is 0 Å². The molecule has 0 atom stereocenters. The van der Waals surface area contributed by atoms with Crippen LogP contribution in [-0.2, 0) is 6.54 Å². The number of urea groups is 1. The van der Waals surface area contributed by atoms with Crippen molar-refractivity contribution in [1.29, 1.82) is 0 Å². The van der Waals surface area contributed by atoms with Gasteiger partial charge < -0.3 is 15.7 Å². The third kappa shape index (κ3) is 6.44. The van der Waals surface area contributed by atoms with Crippen LogP contribution in [0.2, 0.25) is 0 Å². The number of rotatable bonds is 8. The van der Waals surface area contributed by atoms with Gasteiger partial charge in [-0.2, -0.15) is 11.8 Å². The molecule has 0 fully saturated rings. The summed E-state index contributed by atoms with van der Waals surface area (Å²) in [5.74, 6) is 0.0427. The topological polar surface area (TPSA) is 91.3 Å². The van der Waals surface area contributed by atoms with Gasteiger partial charge in [-0.1, -0.05) is 0 Å². The van der Waals surface area contributed by atoms with E-state index in [1.807, 2.05) is 0 Å². The van der Waals surface area contributed by atoms with E-state index >= 15 is 0 Å². The van der Waals surface area contributed by atoms with Crippen LogP contribution < -0.4 is 10.6 Å². The summed E-state index contributed by atoms with van der Waals surface area (Å²) in [6.45, 7) is 0.888. The van der Waals surface area contributed by atoms with E-state index in [1.54, 1.807) is 11.8 Å². The van der Waals surface area contributed by atoms with E-state index in [0.29, 0.717) is 11.6 Å². The van der Waals surface area contributed by atoms with Gasteiger partial charge in [-0.15, -0.1) is 11.3 Å². The Labute approximate surface area is 120 Å². The van der Waals surface area contributed by atoms with Gasteiger partial charge in [0.25, 0.3) is 0 Å². The normalized spacial score (nSPS) is 10.2. The van der Waals surface area contributed by atoms with Crippen LogP contribution in [0.4, 0.5) is 4.79 Å². The number of aromatic nitrogens is 1. The molecule has 0 unspecified atom stereocenters. The van der Waals surface area contributed by atoms with Crippen LogP contribution in [0, 0.1) is 0 Å². The number of amides is 2. The highest BCUT2D eigenvalue weighted by Gasteiger charge is 2.09. The molecule has 0 saturated carbocycles. The van der Waals surface area contributed by atoms with E-state index in [2.05, 4.69) is 21.9 Å². The first-order valence-corrected chi connectivity index (χ1v) is 8.09. The first-order chi connectivity index (χ1) is 9.13. The molecule has 2 amide bonds. The fourth-order valence-electron chi connectivity index (χ4n) is 1.28. The number of hydrogen-bond acceptors (Lipinski definition) is 5. The summed E-state index contributed by atoms with van der Waals surface area (Å²) >= 11 is 3.01. The highest BCUT2D eigenvalue weighted by atomic mass is 32.2. The van der Waals surface area contributed by atoms with E-state index in [9.17, 15) is 9.59 Å². The third-order valence-corrected chi connectivity index (χ3v) is 3.78. The zero-order chi connectivity index (χ0) is 14.1. The molecule has 0 bridgehead atoms. The van der Waals surface area contributed by atoms with Crippen LogP contribution in [0.3, 0.4) is 0 Å². The number of carbonyl (C=O) groups excluding carboxylic acids is 1. The van der Waals surface area contributed by atoms with Crippen molar-refractivity contribution in [2.24, 2.45) is 0 Å². The summed E-state index contributed by atoms with van der Waals surface area (Å²) in [6.07, 6.45) is 4.09. The van der Waals surface area contributed by atoms with Crippen LogP contribution in [-0.4, -0.2) is 40.6 Å². The molecule has 3 N–H and O–H groups in total. The smallest absolute Gasteiger partial charge is 0.355 e. The van der Waals surface area contributed by atoms with Crippen LogP contribution in [0.15, 0.2) is 5.38 Å². The maximum absolute atomic E-state index is 11.4. The molecule has 0 aliphatic heterocycles. The van der Waals surface area contributed by atoms with E-state index in [1.165, 1.54) is 16.7 Å². The summed E-state index contributed by atoms with van der Waals surface area (Å²) < 4.78 is 0. The van der Waals surface area contributed by atoms with Gasteiger partial charge in [-0.3, -0.25) is 0 Å². The standard InChI is InChI=1S/C11H17N3O3S2/c1-18-5-3-2-4-12-11(17)13-6-9-14-8(7-19-9)10(15)16/h7H,2-6H2,1H3,(H,15,16)(H2,12,13,17). The average Bonchev–Trinajstić information content (AvgIpc) is 2.85. The Morgan fingerprint density at radius 3 is 2.84 bits per heavy atom. The van der Waals surface area contributed by atoms with Gasteiger partial charge in [0.2, 0.25) is 0 Å². The van der Waals surface area contributed by atoms with Crippen molar-refractivity contribution in [1.82, 2.24) is 15.6 Å². The molecular weight excluding hydrogens is 286 g/mol. The van der Waals surface area contributed by atoms with E-state index in [-0.39, 0.29) is 18.3 Å². The Hall–Kier alpha value is -1.28. The van der Waals surface area contributed by atoms with Crippen molar-refractivity contribution >= 4 is 35.1 Å². The van der Waals surface area contributed by atoms with E-state index in [4.69, 9.17) is 5.11 Å². The summed E-state index contributed by atoms with van der Waals surface area (Å²) in [5.41, 5.74) is 0.0132. The molecule has 0 radical (unpaired) electrons. The largest absolute Gasteiger partial charge is 0.476 e. The van der Waals surface area contributed by atoms with Crippen molar-refractivity contribution < 1.29 is 14.7 Å². The van der Waals surface area contributed by atoms with Crippen LogP contribution in [0.5, 0.6) is 0 Å². The van der Waals surface area contributed by atoms with Crippen molar-refractivity contribution in [3.05, 3.63) is 16.1 Å². The van der Waals surface area contributed by atoms with Gasteiger partial charge in [0.05, 0.1) is 6.54 Å². The molecular formula is C11H17N3O3S2. The Kier molecular flexibility index (Phi) is 7.27. The Morgan fingerprint density at radius 1 is 1.42 bits per heavy atom. The Bertz CT molecular complexity index is 423. The van der Waals surface area contributed by atoms with Crippen molar-refractivity contribution in [2.75, 3.05) is 18.6 Å². The van der Waals surface area contributed by atoms with Gasteiger partial charge >= 0.3 is 12.0 Å².